The Morgan fingerprint density at radius 3 is 2.10 bits per heavy atom. The highest BCUT2D eigenvalue weighted by atomic mass is 32.1. The monoisotopic (exact) mass is 437 g/mol. The molecule has 0 spiro atoms. The highest BCUT2D eigenvalue weighted by Crippen LogP contribution is 2.42. The lowest BCUT2D eigenvalue weighted by atomic mass is 9.78. The molecule has 0 saturated carbocycles. The fourth-order valence-corrected chi connectivity index (χ4v) is 3.90. The molecule has 164 valence electrons. The number of hydrogen-bond donors (Lipinski definition) is 2. The second-order valence-electron chi connectivity index (χ2n) is 9.60. The molecule has 31 heavy (non-hydrogen) atoms. The summed E-state index contributed by atoms with van der Waals surface area (Å²) in [7, 11) is 1.65. The molecule has 0 saturated heterocycles. The molecule has 1 aromatic heterocycles. The van der Waals surface area contributed by atoms with Crippen molar-refractivity contribution in [1.82, 2.24) is 4.98 Å². The average molecular weight is 438 g/mol. The molecule has 0 fully saturated rings. The summed E-state index contributed by atoms with van der Waals surface area (Å²) in [5.74, 6) is 1.19. The fourth-order valence-electron chi connectivity index (χ4n) is 3.24. The highest BCUT2D eigenvalue weighted by Gasteiger charge is 2.27. The van der Waals surface area contributed by atoms with Crippen LogP contribution < -0.4 is 10.2 Å². The molecule has 1 heterocycles. The lowest BCUT2D eigenvalue weighted by molar-refractivity contribution is 0.415. The second kappa shape index (κ2) is 8.71. The van der Waals surface area contributed by atoms with Crippen LogP contribution in [0.25, 0.3) is 11.3 Å². The Balaban J connectivity index is 1.86. The molecule has 2 N–H and O–H groups in total. The normalized spacial score (nSPS) is 12.4. The van der Waals surface area contributed by atoms with Crippen LogP contribution >= 0.6 is 11.3 Å². The first-order chi connectivity index (χ1) is 14.5. The maximum atomic E-state index is 10.9. The van der Waals surface area contributed by atoms with Crippen molar-refractivity contribution in [1.29, 1.82) is 0 Å². The molecule has 3 aromatic rings. The lowest BCUT2D eigenvalue weighted by Crippen LogP contribution is -2.17. The van der Waals surface area contributed by atoms with E-state index in [4.69, 9.17) is 9.72 Å². The summed E-state index contributed by atoms with van der Waals surface area (Å²) in [5, 5.41) is 18.0. The number of methoxy groups -OCH3 is 1. The molecule has 5 nitrogen and oxygen atoms in total. The van der Waals surface area contributed by atoms with Gasteiger partial charge in [-0.25, -0.2) is 4.98 Å². The van der Waals surface area contributed by atoms with Crippen LogP contribution in [0.3, 0.4) is 0 Å². The molecule has 0 amide bonds. The zero-order chi connectivity index (χ0) is 22.8. The molecule has 3 rings (SSSR count). The van der Waals surface area contributed by atoms with Crippen molar-refractivity contribution in [2.24, 2.45) is 5.10 Å². The van der Waals surface area contributed by atoms with Gasteiger partial charge in [0.15, 0.2) is 0 Å². The first-order valence-electron chi connectivity index (χ1n) is 10.3. The summed E-state index contributed by atoms with van der Waals surface area (Å²) in [6, 6.07) is 11.8. The summed E-state index contributed by atoms with van der Waals surface area (Å²) in [5.41, 5.74) is 7.33. The largest absolute Gasteiger partial charge is 0.507 e. The summed E-state index contributed by atoms with van der Waals surface area (Å²) >= 11 is 1.50. The van der Waals surface area contributed by atoms with E-state index in [1.165, 1.54) is 11.3 Å². The van der Waals surface area contributed by atoms with Gasteiger partial charge in [0.1, 0.15) is 11.5 Å². The smallest absolute Gasteiger partial charge is 0.203 e. The van der Waals surface area contributed by atoms with Crippen molar-refractivity contribution < 1.29 is 9.84 Å². The molecule has 0 radical (unpaired) electrons. The number of ether oxygens (including phenoxy) is 1. The van der Waals surface area contributed by atoms with Gasteiger partial charge in [-0.15, -0.1) is 11.3 Å². The third kappa shape index (κ3) is 5.44. The fraction of sp³-hybridized carbons (Fsp3) is 0.360. The lowest BCUT2D eigenvalue weighted by Gasteiger charge is -2.28. The Kier molecular flexibility index (Phi) is 6.41. The number of nitrogens with zero attached hydrogens (tertiary/aromatic N) is 2. The van der Waals surface area contributed by atoms with Crippen LogP contribution in [0.1, 0.15) is 58.2 Å². The van der Waals surface area contributed by atoms with E-state index in [0.29, 0.717) is 10.9 Å². The molecular formula is C25H31N3O2S. The van der Waals surface area contributed by atoms with E-state index in [1.807, 2.05) is 41.8 Å². The van der Waals surface area contributed by atoms with Gasteiger partial charge in [0.2, 0.25) is 5.13 Å². The quantitative estimate of drug-likeness (QED) is 0.350. The molecule has 0 unspecified atom stereocenters. The van der Waals surface area contributed by atoms with E-state index in [0.717, 1.165) is 33.7 Å². The molecule has 0 aliphatic rings. The van der Waals surface area contributed by atoms with Gasteiger partial charge in [-0.05, 0) is 52.8 Å². The van der Waals surface area contributed by atoms with Crippen molar-refractivity contribution in [3.8, 4) is 22.8 Å². The molecule has 0 atom stereocenters. The van der Waals surface area contributed by atoms with Crippen LogP contribution in [0.4, 0.5) is 5.13 Å². The van der Waals surface area contributed by atoms with Crippen LogP contribution in [-0.4, -0.2) is 23.4 Å². The molecule has 6 heteroatoms. The number of hydrogen-bond acceptors (Lipinski definition) is 6. The van der Waals surface area contributed by atoms with Gasteiger partial charge in [-0.1, -0.05) is 41.5 Å². The Bertz CT molecular complexity index is 1040. The topological polar surface area (TPSA) is 66.7 Å². The minimum atomic E-state index is -0.181. The number of aromatic nitrogens is 1. The number of rotatable bonds is 5. The molecule has 0 aliphatic carbocycles. The van der Waals surface area contributed by atoms with Gasteiger partial charge in [0.25, 0.3) is 0 Å². The van der Waals surface area contributed by atoms with E-state index in [1.54, 1.807) is 13.3 Å². The van der Waals surface area contributed by atoms with Crippen LogP contribution in [0.15, 0.2) is 46.9 Å². The third-order valence-electron chi connectivity index (χ3n) is 5.02. The maximum Gasteiger partial charge on any atom is 0.203 e. The number of nitrogens with one attached hydrogen (secondary N) is 1. The Labute approximate surface area is 188 Å². The molecule has 0 aliphatic heterocycles. The van der Waals surface area contributed by atoms with E-state index in [2.05, 4.69) is 52.1 Å². The summed E-state index contributed by atoms with van der Waals surface area (Å²) < 4.78 is 5.17. The van der Waals surface area contributed by atoms with E-state index < -0.39 is 0 Å². The second-order valence-corrected chi connectivity index (χ2v) is 10.5. The number of phenols is 1. The van der Waals surface area contributed by atoms with Crippen LogP contribution in [0.2, 0.25) is 0 Å². The van der Waals surface area contributed by atoms with Gasteiger partial charge in [-0.2, -0.15) is 5.10 Å². The van der Waals surface area contributed by atoms with Gasteiger partial charge in [0.05, 0.1) is 19.0 Å². The van der Waals surface area contributed by atoms with Gasteiger partial charge in [-0.3, -0.25) is 5.43 Å². The van der Waals surface area contributed by atoms with Crippen molar-refractivity contribution in [3.05, 3.63) is 58.5 Å². The number of hydrazone groups is 1. The van der Waals surface area contributed by atoms with Crippen molar-refractivity contribution in [3.63, 3.8) is 0 Å². The number of benzene rings is 2. The standard InChI is InChI=1S/C25H31N3O2S/c1-24(2,3)19-12-17(13-20(22(19)29)25(4,5)6)21-15-31-23(27-21)28-26-14-16-8-10-18(30-7)11-9-16/h8-15,29H,1-7H3,(H,27,28). The number of aromatic hydroxyl groups is 1. The van der Waals surface area contributed by atoms with Gasteiger partial charge < -0.3 is 9.84 Å². The van der Waals surface area contributed by atoms with E-state index >= 15 is 0 Å². The predicted octanol–water partition coefficient (Wildman–Crippen LogP) is 6.57. The number of phenolic OH excluding ortho intramolecular Hbond substituents is 1. The Hall–Kier alpha value is -2.86. The van der Waals surface area contributed by atoms with Gasteiger partial charge >= 0.3 is 0 Å². The Morgan fingerprint density at radius 2 is 1.58 bits per heavy atom. The SMILES string of the molecule is COc1ccc(C=NNc2nc(-c3cc(C(C)(C)C)c(O)c(C(C)(C)C)c3)cs2)cc1. The minimum Gasteiger partial charge on any atom is -0.507 e. The van der Waals surface area contributed by atoms with Crippen LogP contribution in [-0.2, 0) is 10.8 Å². The van der Waals surface area contributed by atoms with Crippen LogP contribution in [0, 0.1) is 0 Å². The van der Waals surface area contributed by atoms with Crippen molar-refractivity contribution in [2.45, 2.75) is 52.4 Å². The molecule has 0 bridgehead atoms. The highest BCUT2D eigenvalue weighted by molar-refractivity contribution is 7.14. The van der Waals surface area contributed by atoms with E-state index in [9.17, 15) is 5.11 Å². The minimum absolute atomic E-state index is 0.181. The average Bonchev–Trinajstić information content (AvgIpc) is 3.16. The summed E-state index contributed by atoms with van der Waals surface area (Å²) in [4.78, 5) is 4.71. The van der Waals surface area contributed by atoms with Crippen molar-refractivity contribution >= 4 is 22.7 Å². The number of anilines is 1. The number of thiazole rings is 1. The summed E-state index contributed by atoms with van der Waals surface area (Å²) in [6.45, 7) is 12.7. The Morgan fingerprint density at radius 1 is 1.00 bits per heavy atom. The first kappa shape index (κ1) is 22.8. The maximum absolute atomic E-state index is 10.9. The summed E-state index contributed by atoms with van der Waals surface area (Å²) in [6.07, 6.45) is 1.75. The zero-order valence-electron chi connectivity index (χ0n) is 19.3. The molecule has 2 aromatic carbocycles. The third-order valence-corrected chi connectivity index (χ3v) is 5.76. The van der Waals surface area contributed by atoms with Gasteiger partial charge in [0, 0.05) is 22.1 Å². The van der Waals surface area contributed by atoms with E-state index in [-0.39, 0.29) is 10.8 Å². The zero-order valence-corrected chi connectivity index (χ0v) is 20.1. The predicted molar refractivity (Wildman–Crippen MR) is 131 cm³/mol. The van der Waals surface area contributed by atoms with Crippen LogP contribution in [0.5, 0.6) is 11.5 Å². The first-order valence-corrected chi connectivity index (χ1v) is 11.1. The molecular weight excluding hydrogens is 406 g/mol. The van der Waals surface area contributed by atoms with Crippen molar-refractivity contribution in [2.75, 3.05) is 12.5 Å².